The summed E-state index contributed by atoms with van der Waals surface area (Å²) in [5.74, 6) is 0. The summed E-state index contributed by atoms with van der Waals surface area (Å²) in [6.07, 6.45) is 1.80. The highest BCUT2D eigenvalue weighted by Crippen LogP contribution is 2.24. The molecule has 4 nitrogen and oxygen atoms in total. The molecule has 15 heavy (non-hydrogen) atoms. The second-order valence-electron chi connectivity index (χ2n) is 3.90. The molecule has 1 atom stereocenters. The fraction of sp³-hybridized carbons (Fsp3) is 0.400. The maximum Gasteiger partial charge on any atom is 0.131 e. The molecule has 0 radical (unpaired) electrons. The summed E-state index contributed by atoms with van der Waals surface area (Å²) >= 11 is 5.84. The molecule has 0 aliphatic carbocycles. The van der Waals surface area contributed by atoms with Crippen molar-refractivity contribution in [3.05, 3.63) is 23.1 Å². The molecular formula is C10H11ClN4. The van der Waals surface area contributed by atoms with Gasteiger partial charge in [0.25, 0.3) is 0 Å². The van der Waals surface area contributed by atoms with E-state index in [-0.39, 0.29) is 0 Å². The molecule has 0 spiro atoms. The summed E-state index contributed by atoms with van der Waals surface area (Å²) in [5.41, 5.74) is 2.13. The Morgan fingerprint density at radius 1 is 1.60 bits per heavy atom. The third-order valence-corrected chi connectivity index (χ3v) is 3.01. The maximum absolute atomic E-state index is 5.84. The molecule has 2 aromatic rings. The predicted octanol–water partition coefficient (Wildman–Crippen LogP) is 1.75. The van der Waals surface area contributed by atoms with Gasteiger partial charge >= 0.3 is 0 Å². The molecule has 5 heteroatoms. The van der Waals surface area contributed by atoms with Gasteiger partial charge in [-0.15, -0.1) is 0 Å². The number of pyridine rings is 1. The first-order valence-electron chi connectivity index (χ1n) is 4.99. The summed E-state index contributed by atoms with van der Waals surface area (Å²) in [4.78, 5) is 4.10. The summed E-state index contributed by atoms with van der Waals surface area (Å²) in [6, 6.07) is 2.20. The number of fused-ring (bicyclic) bond motifs is 3. The van der Waals surface area contributed by atoms with E-state index in [0.29, 0.717) is 11.2 Å². The van der Waals surface area contributed by atoms with Crippen LogP contribution in [0.25, 0.3) is 10.9 Å². The second-order valence-corrected chi connectivity index (χ2v) is 4.28. The Bertz CT molecular complexity index is 519. The average Bonchev–Trinajstić information content (AvgIpc) is 2.57. The van der Waals surface area contributed by atoms with E-state index in [1.807, 2.05) is 6.07 Å². The van der Waals surface area contributed by atoms with E-state index in [1.54, 1.807) is 6.20 Å². The molecule has 1 N–H and O–H groups in total. The molecule has 1 aliphatic heterocycles. The fourth-order valence-corrected chi connectivity index (χ4v) is 2.20. The van der Waals surface area contributed by atoms with E-state index in [2.05, 4.69) is 27.0 Å². The highest BCUT2D eigenvalue weighted by atomic mass is 35.5. The number of aromatic nitrogens is 3. The second kappa shape index (κ2) is 3.18. The van der Waals surface area contributed by atoms with E-state index in [0.717, 1.165) is 24.0 Å². The summed E-state index contributed by atoms with van der Waals surface area (Å²) in [7, 11) is 0. The van der Waals surface area contributed by atoms with Gasteiger partial charge in [-0.1, -0.05) is 11.6 Å². The van der Waals surface area contributed by atoms with Crippen LogP contribution >= 0.6 is 11.6 Å². The minimum Gasteiger partial charge on any atom is -0.309 e. The van der Waals surface area contributed by atoms with Crippen LogP contribution in [0.3, 0.4) is 0 Å². The number of hydrogen-bond donors (Lipinski definition) is 1. The molecule has 3 rings (SSSR count). The number of halogens is 1. The fourth-order valence-electron chi connectivity index (χ4n) is 2.05. The quantitative estimate of drug-likeness (QED) is 0.691. The topological polar surface area (TPSA) is 42.7 Å². The van der Waals surface area contributed by atoms with Gasteiger partial charge in [-0.3, -0.25) is 4.68 Å². The lowest BCUT2D eigenvalue weighted by atomic mass is 10.2. The van der Waals surface area contributed by atoms with Gasteiger partial charge in [0.15, 0.2) is 0 Å². The van der Waals surface area contributed by atoms with Crippen LogP contribution in [0.15, 0.2) is 12.3 Å². The molecule has 0 aromatic carbocycles. The SMILES string of the molecule is C[C@@H]1CNCc2c3cnc(Cl)cc3nn21. The molecule has 78 valence electrons. The largest absolute Gasteiger partial charge is 0.309 e. The molecule has 0 saturated heterocycles. The van der Waals surface area contributed by atoms with E-state index >= 15 is 0 Å². The van der Waals surface area contributed by atoms with Crippen molar-refractivity contribution in [2.75, 3.05) is 6.54 Å². The molecule has 2 aromatic heterocycles. The van der Waals surface area contributed by atoms with Crippen molar-refractivity contribution < 1.29 is 0 Å². The molecule has 0 bridgehead atoms. The number of nitrogens with zero attached hydrogens (tertiary/aromatic N) is 3. The van der Waals surface area contributed by atoms with Crippen molar-refractivity contribution in [1.29, 1.82) is 0 Å². The van der Waals surface area contributed by atoms with Crippen molar-refractivity contribution in [2.45, 2.75) is 19.5 Å². The van der Waals surface area contributed by atoms with Crippen LogP contribution in [0.5, 0.6) is 0 Å². The lowest BCUT2D eigenvalue weighted by Gasteiger charge is -2.21. The summed E-state index contributed by atoms with van der Waals surface area (Å²) in [5, 5.41) is 9.50. The molecule has 0 unspecified atom stereocenters. The molecule has 0 fully saturated rings. The van der Waals surface area contributed by atoms with Crippen LogP contribution in [-0.4, -0.2) is 21.3 Å². The Morgan fingerprint density at radius 3 is 3.33 bits per heavy atom. The standard InChI is InChI=1S/C10H11ClN4/c1-6-3-12-5-9-7-4-13-10(11)2-8(7)14-15(6)9/h2,4,6,12H,3,5H2,1H3/t6-/m1/s1. The molecule has 1 aliphatic rings. The van der Waals surface area contributed by atoms with Crippen LogP contribution in [-0.2, 0) is 6.54 Å². The monoisotopic (exact) mass is 222 g/mol. The van der Waals surface area contributed by atoms with Crippen molar-refractivity contribution in [1.82, 2.24) is 20.1 Å². The Hall–Kier alpha value is -1.13. The molecule has 0 saturated carbocycles. The number of hydrogen-bond acceptors (Lipinski definition) is 3. The van der Waals surface area contributed by atoms with Gasteiger partial charge in [-0.2, -0.15) is 5.10 Å². The lowest BCUT2D eigenvalue weighted by Crippen LogP contribution is -2.31. The van der Waals surface area contributed by atoms with Crippen LogP contribution in [0.1, 0.15) is 18.7 Å². The third-order valence-electron chi connectivity index (χ3n) is 2.80. The average molecular weight is 223 g/mol. The van der Waals surface area contributed by atoms with Crippen LogP contribution < -0.4 is 5.32 Å². The van der Waals surface area contributed by atoms with Gasteiger partial charge in [0.05, 0.1) is 17.3 Å². The minimum atomic E-state index is 0.389. The molecule has 0 amide bonds. The van der Waals surface area contributed by atoms with Gasteiger partial charge in [0, 0.05) is 30.7 Å². The maximum atomic E-state index is 5.84. The Kier molecular flexibility index (Phi) is 1.94. The minimum absolute atomic E-state index is 0.389. The highest BCUT2D eigenvalue weighted by Gasteiger charge is 2.19. The van der Waals surface area contributed by atoms with E-state index in [9.17, 15) is 0 Å². The zero-order valence-corrected chi connectivity index (χ0v) is 9.12. The third kappa shape index (κ3) is 1.33. The lowest BCUT2D eigenvalue weighted by molar-refractivity contribution is 0.395. The number of nitrogens with one attached hydrogen (secondary N) is 1. The van der Waals surface area contributed by atoms with Crippen molar-refractivity contribution in [3.63, 3.8) is 0 Å². The van der Waals surface area contributed by atoms with Crippen LogP contribution in [0.4, 0.5) is 0 Å². The Morgan fingerprint density at radius 2 is 2.47 bits per heavy atom. The molecule has 3 heterocycles. The predicted molar refractivity (Wildman–Crippen MR) is 59.0 cm³/mol. The van der Waals surface area contributed by atoms with Gasteiger partial charge in [0.1, 0.15) is 5.15 Å². The summed E-state index contributed by atoms with van der Waals surface area (Å²) in [6.45, 7) is 3.96. The van der Waals surface area contributed by atoms with Gasteiger partial charge in [-0.25, -0.2) is 4.98 Å². The van der Waals surface area contributed by atoms with E-state index in [1.165, 1.54) is 5.69 Å². The van der Waals surface area contributed by atoms with E-state index in [4.69, 9.17) is 11.6 Å². The first kappa shape index (κ1) is 9.12. The zero-order valence-electron chi connectivity index (χ0n) is 8.37. The smallest absolute Gasteiger partial charge is 0.131 e. The molecular weight excluding hydrogens is 212 g/mol. The number of rotatable bonds is 0. The van der Waals surface area contributed by atoms with E-state index < -0.39 is 0 Å². The van der Waals surface area contributed by atoms with Crippen molar-refractivity contribution >= 4 is 22.5 Å². The van der Waals surface area contributed by atoms with Gasteiger partial charge in [-0.05, 0) is 6.92 Å². The first-order valence-corrected chi connectivity index (χ1v) is 5.37. The van der Waals surface area contributed by atoms with Crippen molar-refractivity contribution in [2.24, 2.45) is 0 Å². The van der Waals surface area contributed by atoms with Crippen LogP contribution in [0, 0.1) is 0 Å². The summed E-state index contributed by atoms with van der Waals surface area (Å²) < 4.78 is 2.07. The highest BCUT2D eigenvalue weighted by molar-refractivity contribution is 6.30. The zero-order chi connectivity index (χ0) is 10.4. The van der Waals surface area contributed by atoms with Gasteiger partial charge in [0.2, 0.25) is 0 Å². The first-order chi connectivity index (χ1) is 7.25. The van der Waals surface area contributed by atoms with Gasteiger partial charge < -0.3 is 5.32 Å². The van der Waals surface area contributed by atoms with Crippen LogP contribution in [0.2, 0.25) is 5.15 Å². The Labute approximate surface area is 92.2 Å². The van der Waals surface area contributed by atoms with Crippen molar-refractivity contribution in [3.8, 4) is 0 Å². The Balaban J connectivity index is 2.30. The normalized spacial score (nSPS) is 20.5.